The fourth-order valence-electron chi connectivity index (χ4n) is 3.64. The number of ether oxygens (including phenoxy) is 4. The molecule has 5 rings (SSSR count). The molecular formula is C23H21N3O4. The lowest BCUT2D eigenvalue weighted by molar-refractivity contribution is 0.0867. The predicted octanol–water partition coefficient (Wildman–Crippen LogP) is 4.01. The predicted molar refractivity (Wildman–Crippen MR) is 111 cm³/mol. The van der Waals surface area contributed by atoms with Crippen molar-refractivity contribution in [1.29, 1.82) is 0 Å². The summed E-state index contributed by atoms with van der Waals surface area (Å²) >= 11 is 0. The number of methoxy groups -OCH3 is 2. The van der Waals surface area contributed by atoms with Crippen molar-refractivity contribution in [2.24, 2.45) is 0 Å². The van der Waals surface area contributed by atoms with Gasteiger partial charge in [-0.2, -0.15) is 0 Å². The minimum absolute atomic E-state index is 0.270. The van der Waals surface area contributed by atoms with Crippen LogP contribution in [0.15, 0.2) is 61.1 Å². The van der Waals surface area contributed by atoms with Crippen LogP contribution in [0.3, 0.4) is 0 Å². The summed E-state index contributed by atoms with van der Waals surface area (Å²) in [6, 6.07) is 15.8. The van der Waals surface area contributed by atoms with Gasteiger partial charge in [-0.05, 0) is 35.9 Å². The number of nitrogens with zero attached hydrogens (tertiary/aromatic N) is 3. The Balaban J connectivity index is 1.43. The van der Waals surface area contributed by atoms with Crippen LogP contribution in [-0.4, -0.2) is 35.4 Å². The number of hydrogen-bond acceptors (Lipinski definition) is 6. The second-order valence-corrected chi connectivity index (χ2v) is 7.04. The number of fused-ring (bicyclic) bond motifs is 2. The van der Waals surface area contributed by atoms with Crippen molar-refractivity contribution in [1.82, 2.24) is 14.5 Å². The van der Waals surface area contributed by atoms with Crippen LogP contribution < -0.4 is 18.9 Å². The van der Waals surface area contributed by atoms with Crippen molar-refractivity contribution in [3.05, 3.63) is 72.2 Å². The highest BCUT2D eigenvalue weighted by atomic mass is 16.6. The first-order chi connectivity index (χ1) is 14.7. The highest BCUT2D eigenvalue weighted by molar-refractivity contribution is 5.75. The van der Waals surface area contributed by atoms with Gasteiger partial charge < -0.3 is 23.5 Å². The maximum Gasteiger partial charge on any atom is 0.212 e. The van der Waals surface area contributed by atoms with E-state index in [0.717, 1.165) is 22.2 Å². The third-order valence-electron chi connectivity index (χ3n) is 5.17. The van der Waals surface area contributed by atoms with E-state index in [-0.39, 0.29) is 6.10 Å². The maximum absolute atomic E-state index is 6.22. The summed E-state index contributed by atoms with van der Waals surface area (Å²) in [5, 5.41) is 0. The molecule has 152 valence electrons. The summed E-state index contributed by atoms with van der Waals surface area (Å²) in [5.74, 6) is 2.47. The topological polar surface area (TPSA) is 67.6 Å². The number of aromatic nitrogens is 3. The van der Waals surface area contributed by atoms with E-state index in [1.165, 1.54) is 0 Å². The number of pyridine rings is 1. The number of benzene rings is 2. The molecule has 2 aromatic heterocycles. The lowest BCUT2D eigenvalue weighted by atomic mass is 10.1. The molecule has 0 fully saturated rings. The lowest BCUT2D eigenvalue weighted by Crippen LogP contribution is -2.22. The molecule has 3 heterocycles. The zero-order valence-electron chi connectivity index (χ0n) is 16.7. The molecule has 1 aliphatic heterocycles. The molecule has 0 bridgehead atoms. The van der Waals surface area contributed by atoms with Gasteiger partial charge in [0.25, 0.3) is 0 Å². The van der Waals surface area contributed by atoms with E-state index < -0.39 is 0 Å². The first-order valence-electron chi connectivity index (χ1n) is 9.65. The highest BCUT2D eigenvalue weighted by Gasteiger charge is 2.27. The van der Waals surface area contributed by atoms with Crippen LogP contribution in [0, 0.1) is 0 Å². The Morgan fingerprint density at radius 3 is 2.77 bits per heavy atom. The number of hydrogen-bond donors (Lipinski definition) is 0. The van der Waals surface area contributed by atoms with Gasteiger partial charge in [-0.3, -0.25) is 0 Å². The summed E-state index contributed by atoms with van der Waals surface area (Å²) in [4.78, 5) is 8.72. The van der Waals surface area contributed by atoms with Gasteiger partial charge in [0.05, 0.1) is 31.6 Å². The Morgan fingerprint density at radius 1 is 1.07 bits per heavy atom. The van der Waals surface area contributed by atoms with Crippen molar-refractivity contribution in [3.8, 4) is 23.1 Å². The first kappa shape index (κ1) is 18.3. The van der Waals surface area contributed by atoms with Crippen molar-refractivity contribution in [3.63, 3.8) is 0 Å². The molecule has 1 aliphatic rings. The van der Waals surface area contributed by atoms with E-state index in [0.29, 0.717) is 36.3 Å². The monoisotopic (exact) mass is 403 g/mol. The Kier molecular flexibility index (Phi) is 4.63. The third kappa shape index (κ3) is 3.28. The second kappa shape index (κ2) is 7.59. The fourth-order valence-corrected chi connectivity index (χ4v) is 3.64. The van der Waals surface area contributed by atoms with Gasteiger partial charge in [0.1, 0.15) is 6.61 Å². The van der Waals surface area contributed by atoms with Crippen LogP contribution in [0.4, 0.5) is 0 Å². The van der Waals surface area contributed by atoms with Gasteiger partial charge in [0.2, 0.25) is 11.6 Å². The van der Waals surface area contributed by atoms with Crippen molar-refractivity contribution < 1.29 is 18.9 Å². The highest BCUT2D eigenvalue weighted by Crippen LogP contribution is 2.44. The van der Waals surface area contributed by atoms with E-state index in [4.69, 9.17) is 18.9 Å². The average molecular weight is 403 g/mol. The molecule has 1 atom stereocenters. The SMILES string of the molecule is COc1ccc(C2COc3cc(Cn4cnc5ccccc54)cc(OC)c3O2)cn1. The smallest absolute Gasteiger partial charge is 0.212 e. The van der Waals surface area contributed by atoms with Crippen LogP contribution in [-0.2, 0) is 6.54 Å². The molecule has 7 nitrogen and oxygen atoms in total. The van der Waals surface area contributed by atoms with Crippen LogP contribution >= 0.6 is 0 Å². The average Bonchev–Trinajstić information content (AvgIpc) is 3.21. The molecule has 0 amide bonds. The normalized spacial score (nSPS) is 15.2. The van der Waals surface area contributed by atoms with E-state index in [2.05, 4.69) is 20.6 Å². The quantitative estimate of drug-likeness (QED) is 0.502. The second-order valence-electron chi connectivity index (χ2n) is 7.04. The zero-order chi connectivity index (χ0) is 20.5. The van der Waals surface area contributed by atoms with E-state index in [1.54, 1.807) is 20.4 Å². The fraction of sp³-hybridized carbons (Fsp3) is 0.217. The molecule has 30 heavy (non-hydrogen) atoms. The molecule has 0 saturated heterocycles. The van der Waals surface area contributed by atoms with Gasteiger partial charge in [-0.1, -0.05) is 12.1 Å². The standard InChI is InChI=1S/C23H21N3O4/c1-27-19-9-15(12-26-14-25-17-5-3-4-6-18(17)26)10-20-23(19)30-21(13-29-20)16-7-8-22(28-2)24-11-16/h3-11,14,21H,12-13H2,1-2H3. The molecule has 0 aliphatic carbocycles. The molecule has 0 spiro atoms. The minimum Gasteiger partial charge on any atom is -0.493 e. The Labute approximate surface area is 173 Å². The number of rotatable bonds is 5. The van der Waals surface area contributed by atoms with Crippen molar-refractivity contribution in [2.75, 3.05) is 20.8 Å². The van der Waals surface area contributed by atoms with E-state index >= 15 is 0 Å². The maximum atomic E-state index is 6.22. The largest absolute Gasteiger partial charge is 0.493 e. The van der Waals surface area contributed by atoms with Gasteiger partial charge in [0, 0.05) is 24.4 Å². The van der Waals surface area contributed by atoms with Gasteiger partial charge in [-0.25, -0.2) is 9.97 Å². The van der Waals surface area contributed by atoms with Crippen LogP contribution in [0.25, 0.3) is 11.0 Å². The molecule has 1 unspecified atom stereocenters. The van der Waals surface area contributed by atoms with Crippen molar-refractivity contribution >= 4 is 11.0 Å². The zero-order valence-corrected chi connectivity index (χ0v) is 16.7. The Morgan fingerprint density at radius 2 is 1.97 bits per heavy atom. The van der Waals surface area contributed by atoms with E-state index in [9.17, 15) is 0 Å². The van der Waals surface area contributed by atoms with Crippen molar-refractivity contribution in [2.45, 2.75) is 12.6 Å². The Bertz CT molecular complexity index is 1170. The lowest BCUT2D eigenvalue weighted by Gasteiger charge is -2.28. The molecule has 0 N–H and O–H groups in total. The molecule has 2 aromatic carbocycles. The molecule has 0 radical (unpaired) electrons. The van der Waals surface area contributed by atoms with Gasteiger partial charge in [-0.15, -0.1) is 0 Å². The molecule has 7 heteroatoms. The summed E-state index contributed by atoms with van der Waals surface area (Å²) in [6.07, 6.45) is 3.32. The first-order valence-corrected chi connectivity index (χ1v) is 9.65. The van der Waals surface area contributed by atoms with Gasteiger partial charge in [0.15, 0.2) is 17.6 Å². The summed E-state index contributed by atoms with van der Waals surface area (Å²) in [6.45, 7) is 1.04. The molecular weight excluding hydrogens is 382 g/mol. The minimum atomic E-state index is -0.270. The summed E-state index contributed by atoms with van der Waals surface area (Å²) in [5.41, 5.74) is 4.01. The summed E-state index contributed by atoms with van der Waals surface area (Å²) in [7, 11) is 3.22. The van der Waals surface area contributed by atoms with Crippen LogP contribution in [0.2, 0.25) is 0 Å². The van der Waals surface area contributed by atoms with Crippen LogP contribution in [0.5, 0.6) is 23.1 Å². The number of imidazole rings is 1. The number of para-hydroxylation sites is 2. The Hall–Kier alpha value is -3.74. The summed E-state index contributed by atoms with van der Waals surface area (Å²) < 4.78 is 25.1. The molecule has 0 saturated carbocycles. The van der Waals surface area contributed by atoms with E-state index in [1.807, 2.05) is 48.8 Å². The van der Waals surface area contributed by atoms with Crippen LogP contribution in [0.1, 0.15) is 17.2 Å². The van der Waals surface area contributed by atoms with Gasteiger partial charge >= 0.3 is 0 Å². The molecule has 4 aromatic rings. The third-order valence-corrected chi connectivity index (χ3v) is 5.17.